The quantitative estimate of drug-likeness (QED) is 0.0724. The number of H-pyrrole nitrogens is 1. The highest BCUT2D eigenvalue weighted by atomic mass is 35.5. The molecular weight excluding hydrogens is 889 g/mol. The largest absolute Gasteiger partial charge is 0.453 e. The van der Waals surface area contributed by atoms with Crippen LogP contribution in [0, 0.1) is 21.3 Å². The SMILES string of the molecule is CC1(C)CCC(CN2CCN(c3ccc(C(=O)NS(=O)(=O)c4ccc(NCC5CN(C6COC6)CCO5)c([N+](=O)[O-])c4)c(Oc4cc5cc[nH]c5cc4F)c3)CC2)=C(c2ccc(Cl)cc2)C1. The second kappa shape index (κ2) is 19.0. The standard InChI is InChI=1S/C48H53ClFN7O8S/c1-48(2)13-11-33(40(25-48)31-3-5-34(49)6-4-31)27-54-15-17-55(18-16-54)35-7-9-39(45(22-35)65-46-21-32-12-14-51-43(32)24-41(46)50)47(58)53-66(61,62)38-8-10-42(44(23-38)57(59)60)52-26-37-28-56(19-20-64-37)36-29-63-30-36/h3-10,12,14,21-24,36-37,51-52H,11,13,15-20,25-30H2,1-2H3,(H,53,58). The van der Waals surface area contributed by atoms with Crippen LogP contribution in [0.1, 0.15) is 49.0 Å². The number of aromatic nitrogens is 1. The van der Waals surface area contributed by atoms with Crippen LogP contribution in [-0.2, 0) is 19.5 Å². The van der Waals surface area contributed by atoms with Crippen molar-refractivity contribution in [3.8, 4) is 11.5 Å². The van der Waals surface area contributed by atoms with Crippen molar-refractivity contribution in [2.75, 3.05) is 82.4 Å². The van der Waals surface area contributed by atoms with Gasteiger partial charge in [0.2, 0.25) is 0 Å². The summed E-state index contributed by atoms with van der Waals surface area (Å²) in [7, 11) is -4.66. The molecule has 3 fully saturated rings. The number of nitro benzene ring substituents is 1. The number of rotatable bonds is 14. The summed E-state index contributed by atoms with van der Waals surface area (Å²) in [6, 6.07) is 21.1. The van der Waals surface area contributed by atoms with Gasteiger partial charge in [0, 0.05) is 98.4 Å². The number of benzene rings is 4. The molecule has 1 amide bonds. The van der Waals surface area contributed by atoms with Gasteiger partial charge in [-0.1, -0.05) is 43.2 Å². The van der Waals surface area contributed by atoms with Gasteiger partial charge in [0.25, 0.3) is 21.6 Å². The lowest BCUT2D eigenvalue weighted by atomic mass is 9.72. The lowest BCUT2D eigenvalue weighted by Gasteiger charge is -2.42. The minimum absolute atomic E-state index is 0.0714. The van der Waals surface area contributed by atoms with Crippen LogP contribution in [0.3, 0.4) is 0 Å². The number of hydrogen-bond donors (Lipinski definition) is 3. The number of halogens is 2. The van der Waals surface area contributed by atoms with E-state index in [-0.39, 0.29) is 40.8 Å². The van der Waals surface area contributed by atoms with Crippen molar-refractivity contribution in [2.45, 2.75) is 50.2 Å². The number of carbonyl (C=O) groups excluding carboxylic acids is 1. The average Bonchev–Trinajstić information content (AvgIpc) is 3.73. The predicted molar refractivity (Wildman–Crippen MR) is 252 cm³/mol. The fraction of sp³-hybridized carbons (Fsp3) is 0.396. The number of fused-ring (bicyclic) bond motifs is 1. The highest BCUT2D eigenvalue weighted by Gasteiger charge is 2.33. The molecule has 1 atom stereocenters. The van der Waals surface area contributed by atoms with E-state index in [0.29, 0.717) is 67.1 Å². The van der Waals surface area contributed by atoms with Crippen LogP contribution in [0.2, 0.25) is 5.02 Å². The third-order valence-corrected chi connectivity index (χ3v) is 14.7. The lowest BCUT2D eigenvalue weighted by Crippen LogP contribution is -2.56. The Balaban J connectivity index is 0.921. The molecule has 0 radical (unpaired) electrons. The van der Waals surface area contributed by atoms with E-state index < -0.39 is 37.3 Å². The number of allylic oxidation sites excluding steroid dienone is 1. The van der Waals surface area contributed by atoms with Crippen LogP contribution >= 0.6 is 11.6 Å². The van der Waals surface area contributed by atoms with Gasteiger partial charge in [-0.2, -0.15) is 0 Å². The van der Waals surface area contributed by atoms with Gasteiger partial charge in [-0.15, -0.1) is 0 Å². The molecule has 1 aliphatic carbocycles. The number of piperazine rings is 1. The summed E-state index contributed by atoms with van der Waals surface area (Å²) in [5, 5.41) is 16.7. The average molecular weight is 943 g/mol. The van der Waals surface area contributed by atoms with E-state index in [9.17, 15) is 23.3 Å². The van der Waals surface area contributed by atoms with Gasteiger partial charge in [0.15, 0.2) is 11.6 Å². The number of carbonyl (C=O) groups is 1. The molecule has 18 heteroatoms. The van der Waals surface area contributed by atoms with Gasteiger partial charge in [-0.25, -0.2) is 17.5 Å². The lowest BCUT2D eigenvalue weighted by molar-refractivity contribution is -0.384. The molecule has 15 nitrogen and oxygen atoms in total. The first-order chi connectivity index (χ1) is 31.7. The Labute approximate surface area is 388 Å². The molecule has 9 rings (SSSR count). The third kappa shape index (κ3) is 10.2. The summed E-state index contributed by atoms with van der Waals surface area (Å²) in [4.78, 5) is 34.9. The zero-order valence-corrected chi connectivity index (χ0v) is 38.4. The third-order valence-electron chi connectivity index (χ3n) is 13.1. The van der Waals surface area contributed by atoms with Gasteiger partial charge >= 0.3 is 0 Å². The van der Waals surface area contributed by atoms with Crippen molar-refractivity contribution in [3.05, 3.63) is 123 Å². The molecule has 1 aromatic heterocycles. The predicted octanol–water partition coefficient (Wildman–Crippen LogP) is 8.08. The molecule has 1 unspecified atom stereocenters. The first-order valence-electron chi connectivity index (χ1n) is 22.2. The smallest absolute Gasteiger partial charge is 0.293 e. The van der Waals surface area contributed by atoms with Crippen molar-refractivity contribution < 1.29 is 36.7 Å². The molecule has 4 aromatic carbocycles. The van der Waals surface area contributed by atoms with E-state index in [4.69, 9.17) is 25.8 Å². The van der Waals surface area contributed by atoms with Crippen molar-refractivity contribution in [2.24, 2.45) is 5.41 Å². The second-order valence-electron chi connectivity index (χ2n) is 18.3. The summed E-state index contributed by atoms with van der Waals surface area (Å²) in [5.41, 5.74) is 4.91. The topological polar surface area (TPSA) is 172 Å². The Morgan fingerprint density at radius 2 is 1.79 bits per heavy atom. The van der Waals surface area contributed by atoms with Crippen LogP contribution in [0.25, 0.3) is 16.5 Å². The molecule has 3 aliphatic heterocycles. The van der Waals surface area contributed by atoms with E-state index >= 15 is 4.39 Å². The number of anilines is 2. The number of nitro groups is 1. The number of sulfonamides is 1. The first kappa shape index (κ1) is 45.6. The number of aromatic amines is 1. The van der Waals surface area contributed by atoms with Crippen molar-refractivity contribution in [1.29, 1.82) is 0 Å². The summed E-state index contributed by atoms with van der Waals surface area (Å²) in [6.45, 7) is 11.8. The number of morpholine rings is 1. The van der Waals surface area contributed by atoms with E-state index in [1.54, 1.807) is 24.4 Å². The van der Waals surface area contributed by atoms with Crippen molar-refractivity contribution >= 4 is 61.1 Å². The Morgan fingerprint density at radius 1 is 1.00 bits per heavy atom. The molecule has 5 aromatic rings. The van der Waals surface area contributed by atoms with Crippen LogP contribution in [-0.4, -0.2) is 118 Å². The molecule has 0 spiro atoms. The van der Waals surface area contributed by atoms with Gasteiger partial charge in [-0.05, 0) is 84.3 Å². The molecule has 0 saturated carbocycles. The zero-order chi connectivity index (χ0) is 46.2. The minimum atomic E-state index is -4.66. The van der Waals surface area contributed by atoms with Crippen molar-refractivity contribution in [1.82, 2.24) is 19.5 Å². The number of hydrogen-bond acceptors (Lipinski definition) is 12. The molecule has 66 heavy (non-hydrogen) atoms. The fourth-order valence-electron chi connectivity index (χ4n) is 9.20. The molecule has 4 heterocycles. The fourth-order valence-corrected chi connectivity index (χ4v) is 10.3. The van der Waals surface area contributed by atoms with E-state index in [0.717, 1.165) is 51.5 Å². The zero-order valence-electron chi connectivity index (χ0n) is 36.9. The molecule has 3 saturated heterocycles. The Morgan fingerprint density at radius 3 is 2.53 bits per heavy atom. The number of amides is 1. The van der Waals surface area contributed by atoms with Gasteiger partial charge in [0.05, 0.1) is 47.3 Å². The summed E-state index contributed by atoms with van der Waals surface area (Å²) < 4.78 is 62.5. The van der Waals surface area contributed by atoms with E-state index in [2.05, 4.69) is 55.7 Å². The van der Waals surface area contributed by atoms with Gasteiger partial charge < -0.3 is 29.4 Å². The van der Waals surface area contributed by atoms with Crippen LogP contribution in [0.5, 0.6) is 11.5 Å². The minimum Gasteiger partial charge on any atom is -0.453 e. The number of nitrogens with one attached hydrogen (secondary N) is 3. The number of ether oxygens (including phenoxy) is 3. The van der Waals surface area contributed by atoms with Crippen LogP contribution in [0.15, 0.2) is 95.5 Å². The molecule has 0 bridgehead atoms. The second-order valence-corrected chi connectivity index (χ2v) is 20.4. The normalized spacial score (nSPS) is 19.7. The summed E-state index contributed by atoms with van der Waals surface area (Å²) in [5.74, 6) is -1.99. The summed E-state index contributed by atoms with van der Waals surface area (Å²) >= 11 is 6.24. The monoisotopic (exact) mass is 941 g/mol. The maximum atomic E-state index is 15.5. The first-order valence-corrected chi connectivity index (χ1v) is 24.1. The highest BCUT2D eigenvalue weighted by Crippen LogP contribution is 2.44. The maximum absolute atomic E-state index is 15.5. The van der Waals surface area contributed by atoms with Gasteiger partial charge in [0.1, 0.15) is 11.4 Å². The Hall–Kier alpha value is -5.56. The van der Waals surface area contributed by atoms with E-state index in [1.807, 2.05) is 12.1 Å². The molecule has 348 valence electrons. The van der Waals surface area contributed by atoms with E-state index in [1.165, 1.54) is 47.0 Å². The maximum Gasteiger partial charge on any atom is 0.293 e. The highest BCUT2D eigenvalue weighted by molar-refractivity contribution is 7.90. The van der Waals surface area contributed by atoms with Crippen LogP contribution < -0.4 is 19.7 Å². The Bertz CT molecular complexity index is 2770. The Kier molecular flexibility index (Phi) is 13.1. The van der Waals surface area contributed by atoms with Gasteiger partial charge in [-0.3, -0.25) is 24.7 Å². The summed E-state index contributed by atoms with van der Waals surface area (Å²) in [6.07, 6.45) is 4.53. The molecular formula is C48H53ClFN7O8S. The van der Waals surface area contributed by atoms with Crippen LogP contribution in [0.4, 0.5) is 21.5 Å². The molecule has 4 aliphatic rings. The van der Waals surface area contributed by atoms with Crippen molar-refractivity contribution in [3.63, 3.8) is 0 Å². The number of nitrogens with zero attached hydrogens (tertiary/aromatic N) is 4. The molecule has 3 N–H and O–H groups in total.